The summed E-state index contributed by atoms with van der Waals surface area (Å²) in [5, 5.41) is 3.53. The van der Waals surface area contributed by atoms with Gasteiger partial charge in [0.15, 0.2) is 0 Å². The highest BCUT2D eigenvalue weighted by Gasteiger charge is 2.44. The Morgan fingerprint density at radius 1 is 1.44 bits per heavy atom. The summed E-state index contributed by atoms with van der Waals surface area (Å²) in [4.78, 5) is 2.71. The molecule has 2 atom stereocenters. The number of nitrogens with one attached hydrogen (secondary N) is 1. The summed E-state index contributed by atoms with van der Waals surface area (Å²) in [5.41, 5.74) is 0.637. The van der Waals surface area contributed by atoms with Crippen LogP contribution in [0.25, 0.3) is 0 Å². The molecular weight excluding hydrogens is 196 g/mol. The third-order valence-electron chi connectivity index (χ3n) is 4.89. The molecule has 16 heavy (non-hydrogen) atoms. The van der Waals surface area contributed by atoms with Gasteiger partial charge >= 0.3 is 0 Å². The summed E-state index contributed by atoms with van der Waals surface area (Å²) in [7, 11) is 0. The molecule has 2 nitrogen and oxygen atoms in total. The van der Waals surface area contributed by atoms with Crippen molar-refractivity contribution in [3.8, 4) is 0 Å². The first kappa shape index (κ1) is 12.4. The Labute approximate surface area is 101 Å². The minimum Gasteiger partial charge on any atom is -0.316 e. The molecule has 2 fully saturated rings. The van der Waals surface area contributed by atoms with Gasteiger partial charge in [0, 0.05) is 12.6 Å². The van der Waals surface area contributed by atoms with E-state index in [4.69, 9.17) is 0 Å². The molecule has 1 saturated carbocycles. The van der Waals surface area contributed by atoms with E-state index >= 15 is 0 Å². The van der Waals surface area contributed by atoms with Crippen molar-refractivity contribution in [2.75, 3.05) is 26.2 Å². The Bertz CT molecular complexity index is 217. The maximum atomic E-state index is 3.53. The lowest BCUT2D eigenvalue weighted by molar-refractivity contribution is 0.125. The third kappa shape index (κ3) is 2.78. The van der Waals surface area contributed by atoms with E-state index in [1.165, 1.54) is 51.9 Å². The molecule has 2 rings (SSSR count). The highest BCUT2D eigenvalue weighted by Crippen LogP contribution is 2.49. The number of nitrogens with zero attached hydrogens (tertiary/aromatic N) is 1. The molecule has 0 spiro atoms. The van der Waals surface area contributed by atoms with Gasteiger partial charge in [0.25, 0.3) is 0 Å². The first-order valence-electron chi connectivity index (χ1n) is 7.10. The van der Waals surface area contributed by atoms with Gasteiger partial charge in [-0.3, -0.25) is 0 Å². The Balaban J connectivity index is 1.84. The Morgan fingerprint density at radius 3 is 2.69 bits per heavy atom. The van der Waals surface area contributed by atoms with Crippen LogP contribution in [0, 0.1) is 11.3 Å². The Morgan fingerprint density at radius 2 is 2.19 bits per heavy atom. The maximum absolute atomic E-state index is 3.53. The molecule has 0 amide bonds. The molecule has 1 N–H and O–H groups in total. The summed E-state index contributed by atoms with van der Waals surface area (Å²) in [5.74, 6) is 0.887. The average Bonchev–Trinajstić information content (AvgIpc) is 3.06. The van der Waals surface area contributed by atoms with Crippen molar-refractivity contribution in [3.63, 3.8) is 0 Å². The molecule has 1 aliphatic heterocycles. The van der Waals surface area contributed by atoms with Gasteiger partial charge < -0.3 is 10.2 Å². The zero-order valence-corrected chi connectivity index (χ0v) is 11.3. The fraction of sp³-hybridized carbons (Fsp3) is 1.00. The van der Waals surface area contributed by atoms with Gasteiger partial charge in [-0.05, 0) is 63.6 Å². The summed E-state index contributed by atoms with van der Waals surface area (Å²) < 4.78 is 0. The summed E-state index contributed by atoms with van der Waals surface area (Å²) >= 11 is 0. The maximum Gasteiger partial charge on any atom is 0.0121 e. The van der Waals surface area contributed by atoms with Crippen molar-refractivity contribution in [1.82, 2.24) is 10.2 Å². The van der Waals surface area contributed by atoms with Crippen LogP contribution in [0.15, 0.2) is 0 Å². The van der Waals surface area contributed by atoms with E-state index in [9.17, 15) is 0 Å². The van der Waals surface area contributed by atoms with Gasteiger partial charge in [0.2, 0.25) is 0 Å². The largest absolute Gasteiger partial charge is 0.316 e. The Kier molecular flexibility index (Phi) is 3.91. The highest BCUT2D eigenvalue weighted by atomic mass is 15.2. The second kappa shape index (κ2) is 5.05. The van der Waals surface area contributed by atoms with Crippen LogP contribution < -0.4 is 5.32 Å². The Hall–Kier alpha value is -0.0800. The number of rotatable bonds is 5. The van der Waals surface area contributed by atoms with Gasteiger partial charge in [-0.25, -0.2) is 0 Å². The molecule has 0 aromatic carbocycles. The monoisotopic (exact) mass is 224 g/mol. The lowest BCUT2D eigenvalue weighted by atomic mass is 9.94. The molecule has 1 saturated heterocycles. The molecular formula is C14H28N2. The predicted molar refractivity (Wildman–Crippen MR) is 69.6 cm³/mol. The quantitative estimate of drug-likeness (QED) is 0.772. The molecule has 0 radical (unpaired) electrons. The van der Waals surface area contributed by atoms with Crippen LogP contribution in [0.1, 0.15) is 46.5 Å². The number of piperidine rings is 1. The van der Waals surface area contributed by atoms with Crippen LogP contribution in [0.5, 0.6) is 0 Å². The van der Waals surface area contributed by atoms with Crippen molar-refractivity contribution in [2.45, 2.75) is 52.5 Å². The highest BCUT2D eigenvalue weighted by molar-refractivity contribution is 4.97. The first-order chi connectivity index (χ1) is 7.65. The molecule has 94 valence electrons. The fourth-order valence-corrected chi connectivity index (χ4v) is 3.03. The first-order valence-corrected chi connectivity index (χ1v) is 7.10. The van der Waals surface area contributed by atoms with Crippen LogP contribution in [0.4, 0.5) is 0 Å². The summed E-state index contributed by atoms with van der Waals surface area (Å²) in [6.07, 6.45) is 5.67. The van der Waals surface area contributed by atoms with Crippen LogP contribution in [-0.2, 0) is 0 Å². The lowest BCUT2D eigenvalue weighted by Gasteiger charge is -2.36. The summed E-state index contributed by atoms with van der Waals surface area (Å²) in [6, 6.07) is 0.777. The molecule has 1 aliphatic carbocycles. The minimum absolute atomic E-state index is 0.637. The van der Waals surface area contributed by atoms with E-state index < -0.39 is 0 Å². The average molecular weight is 224 g/mol. The predicted octanol–water partition coefficient (Wildman–Crippen LogP) is 2.50. The SMILES string of the molecule is CCN(CC1CCCNC1)C(C)C1(C)CC1. The normalized spacial score (nSPS) is 30.4. The van der Waals surface area contributed by atoms with Gasteiger partial charge in [-0.1, -0.05) is 13.8 Å². The van der Waals surface area contributed by atoms with Crippen LogP contribution in [0.3, 0.4) is 0 Å². The zero-order valence-electron chi connectivity index (χ0n) is 11.3. The fourth-order valence-electron chi connectivity index (χ4n) is 3.03. The second-order valence-corrected chi connectivity index (χ2v) is 6.13. The van der Waals surface area contributed by atoms with E-state index in [-0.39, 0.29) is 0 Å². The molecule has 2 heteroatoms. The van der Waals surface area contributed by atoms with Gasteiger partial charge in [-0.15, -0.1) is 0 Å². The van der Waals surface area contributed by atoms with Crippen molar-refractivity contribution >= 4 is 0 Å². The van der Waals surface area contributed by atoms with Crippen LogP contribution in [-0.4, -0.2) is 37.1 Å². The van der Waals surface area contributed by atoms with Gasteiger partial charge in [0.05, 0.1) is 0 Å². The standard InChI is InChI=1S/C14H28N2/c1-4-16(12(2)14(3)7-8-14)11-13-6-5-9-15-10-13/h12-13,15H,4-11H2,1-3H3. The molecule has 2 aliphatic rings. The summed E-state index contributed by atoms with van der Waals surface area (Å²) in [6.45, 7) is 12.2. The van der Waals surface area contributed by atoms with E-state index in [2.05, 4.69) is 31.0 Å². The van der Waals surface area contributed by atoms with Crippen molar-refractivity contribution in [1.29, 1.82) is 0 Å². The molecule has 1 heterocycles. The van der Waals surface area contributed by atoms with Crippen molar-refractivity contribution in [3.05, 3.63) is 0 Å². The van der Waals surface area contributed by atoms with Crippen LogP contribution >= 0.6 is 0 Å². The van der Waals surface area contributed by atoms with E-state index in [0.29, 0.717) is 5.41 Å². The smallest absolute Gasteiger partial charge is 0.0121 e. The van der Waals surface area contributed by atoms with Crippen molar-refractivity contribution in [2.24, 2.45) is 11.3 Å². The van der Waals surface area contributed by atoms with Crippen molar-refractivity contribution < 1.29 is 0 Å². The number of hydrogen-bond donors (Lipinski definition) is 1. The molecule has 0 bridgehead atoms. The third-order valence-corrected chi connectivity index (χ3v) is 4.89. The van der Waals surface area contributed by atoms with E-state index in [1.807, 2.05) is 0 Å². The molecule has 0 aromatic rings. The minimum atomic E-state index is 0.637. The van der Waals surface area contributed by atoms with E-state index in [0.717, 1.165) is 12.0 Å². The van der Waals surface area contributed by atoms with Gasteiger partial charge in [0.1, 0.15) is 0 Å². The van der Waals surface area contributed by atoms with E-state index in [1.54, 1.807) is 0 Å². The second-order valence-electron chi connectivity index (χ2n) is 6.13. The number of hydrogen-bond acceptors (Lipinski definition) is 2. The molecule has 0 aromatic heterocycles. The van der Waals surface area contributed by atoms with Crippen LogP contribution in [0.2, 0.25) is 0 Å². The zero-order chi connectivity index (χ0) is 11.6. The lowest BCUT2D eigenvalue weighted by Crippen LogP contribution is -2.44. The topological polar surface area (TPSA) is 15.3 Å². The van der Waals surface area contributed by atoms with Gasteiger partial charge in [-0.2, -0.15) is 0 Å². The molecule has 2 unspecified atom stereocenters.